The van der Waals surface area contributed by atoms with Gasteiger partial charge in [0.25, 0.3) is 0 Å². The van der Waals surface area contributed by atoms with Gasteiger partial charge >= 0.3 is 0 Å². The number of rotatable bonds is 6. The van der Waals surface area contributed by atoms with Gasteiger partial charge in [-0.25, -0.2) is 5.43 Å². The van der Waals surface area contributed by atoms with Gasteiger partial charge in [0.15, 0.2) is 0 Å². The van der Waals surface area contributed by atoms with E-state index < -0.39 is 18.2 Å². The highest BCUT2D eigenvalue weighted by Crippen LogP contribution is 2.32. The summed E-state index contributed by atoms with van der Waals surface area (Å²) in [4.78, 5) is 23.7. The number of halogens is 2. The first-order valence-corrected chi connectivity index (χ1v) is 8.92. The third kappa shape index (κ3) is 5.57. The number of carbonyl (C=O) groups excluding carboxylic acids is 2. The molecular formula is C17H15Br2N3O4. The number of nitrogens with zero attached hydrogens (tertiary/aromatic N) is 1. The lowest BCUT2D eigenvalue weighted by Gasteiger charge is -2.09. The Morgan fingerprint density at radius 3 is 2.50 bits per heavy atom. The molecule has 136 valence electrons. The van der Waals surface area contributed by atoms with Crippen molar-refractivity contribution in [2.75, 3.05) is 12.4 Å². The number of para-hydroxylation sites is 2. The lowest BCUT2D eigenvalue weighted by atomic mass is 10.2. The number of phenols is 1. The van der Waals surface area contributed by atoms with E-state index in [1.54, 1.807) is 36.4 Å². The molecule has 0 radical (unpaired) electrons. The monoisotopic (exact) mass is 483 g/mol. The number of hydrogen-bond acceptors (Lipinski definition) is 5. The lowest BCUT2D eigenvalue weighted by Crippen LogP contribution is -2.24. The van der Waals surface area contributed by atoms with Crippen LogP contribution < -0.4 is 15.5 Å². The maximum atomic E-state index is 11.9. The Kier molecular flexibility index (Phi) is 7.16. The molecule has 2 rings (SSSR count). The minimum Gasteiger partial charge on any atom is -0.506 e. The van der Waals surface area contributed by atoms with Crippen molar-refractivity contribution in [3.63, 3.8) is 0 Å². The summed E-state index contributed by atoms with van der Waals surface area (Å²) in [7, 11) is 1.49. The van der Waals surface area contributed by atoms with Gasteiger partial charge in [-0.1, -0.05) is 12.1 Å². The van der Waals surface area contributed by atoms with Crippen molar-refractivity contribution in [2.24, 2.45) is 5.10 Å². The minimum atomic E-state index is -0.564. The van der Waals surface area contributed by atoms with E-state index in [9.17, 15) is 14.7 Å². The highest BCUT2D eigenvalue weighted by atomic mass is 79.9. The molecule has 0 aliphatic heterocycles. The molecule has 0 saturated heterocycles. The minimum absolute atomic E-state index is 0.0687. The van der Waals surface area contributed by atoms with Gasteiger partial charge in [0.05, 0.1) is 28.0 Å². The topological polar surface area (TPSA) is 100 Å². The number of amides is 2. The van der Waals surface area contributed by atoms with Gasteiger partial charge in [-0.05, 0) is 61.7 Å². The summed E-state index contributed by atoms with van der Waals surface area (Å²) in [5.74, 6) is -0.482. The molecule has 0 aliphatic carbocycles. The van der Waals surface area contributed by atoms with Gasteiger partial charge in [-0.2, -0.15) is 5.10 Å². The van der Waals surface area contributed by atoms with E-state index in [1.807, 2.05) is 0 Å². The van der Waals surface area contributed by atoms with E-state index in [0.717, 1.165) is 0 Å². The van der Waals surface area contributed by atoms with Crippen molar-refractivity contribution in [1.29, 1.82) is 0 Å². The molecule has 2 aromatic rings. The molecule has 0 aliphatic rings. The fraction of sp³-hybridized carbons (Fsp3) is 0.118. The molecule has 0 atom stereocenters. The molecule has 9 heteroatoms. The van der Waals surface area contributed by atoms with Crippen molar-refractivity contribution in [3.05, 3.63) is 50.9 Å². The molecule has 0 heterocycles. The lowest BCUT2D eigenvalue weighted by molar-refractivity contribution is -0.126. The second kappa shape index (κ2) is 9.35. The fourth-order valence-corrected chi connectivity index (χ4v) is 3.19. The molecule has 0 fully saturated rings. The number of aromatic hydroxyl groups is 1. The molecule has 7 nitrogen and oxygen atoms in total. The Labute approximate surface area is 166 Å². The number of anilines is 1. The number of phenolic OH excluding ortho intramolecular Hbond substituents is 1. The zero-order valence-electron chi connectivity index (χ0n) is 13.6. The van der Waals surface area contributed by atoms with Crippen molar-refractivity contribution in [3.8, 4) is 11.5 Å². The smallest absolute Gasteiger partial charge is 0.249 e. The van der Waals surface area contributed by atoms with Gasteiger partial charge in [0, 0.05) is 0 Å². The first kappa shape index (κ1) is 19.9. The number of hydrazone groups is 1. The Bertz CT molecular complexity index is 833. The van der Waals surface area contributed by atoms with Crippen LogP contribution >= 0.6 is 31.9 Å². The summed E-state index contributed by atoms with van der Waals surface area (Å²) < 4.78 is 6.09. The van der Waals surface area contributed by atoms with E-state index in [-0.39, 0.29) is 5.75 Å². The molecule has 2 aromatic carbocycles. The number of ether oxygens (including phenoxy) is 1. The second-order valence-corrected chi connectivity index (χ2v) is 6.76. The van der Waals surface area contributed by atoms with Gasteiger partial charge < -0.3 is 15.2 Å². The third-order valence-electron chi connectivity index (χ3n) is 3.14. The Balaban J connectivity index is 1.89. The molecular weight excluding hydrogens is 470 g/mol. The zero-order valence-corrected chi connectivity index (χ0v) is 16.8. The van der Waals surface area contributed by atoms with E-state index in [0.29, 0.717) is 25.9 Å². The summed E-state index contributed by atoms with van der Waals surface area (Å²) in [5.41, 5.74) is 3.40. The predicted octanol–water partition coefficient (Wildman–Crippen LogP) is 3.40. The standard InChI is InChI=1S/C17H15Br2N3O4/c1-26-14-5-3-2-4-13(14)21-15(23)8-16(24)22-20-9-10-6-11(18)17(25)12(19)7-10/h2-7,9,25H,8H2,1H3,(H,21,23)(H,22,24). The van der Waals surface area contributed by atoms with Gasteiger partial charge in [0.1, 0.15) is 17.9 Å². The molecule has 0 unspecified atom stereocenters. The van der Waals surface area contributed by atoms with Crippen molar-refractivity contribution in [2.45, 2.75) is 6.42 Å². The maximum absolute atomic E-state index is 11.9. The van der Waals surface area contributed by atoms with Crippen LogP contribution in [0, 0.1) is 0 Å². The first-order valence-electron chi connectivity index (χ1n) is 7.33. The first-order chi connectivity index (χ1) is 12.4. The second-order valence-electron chi connectivity index (χ2n) is 5.05. The summed E-state index contributed by atoms with van der Waals surface area (Å²) >= 11 is 6.40. The van der Waals surface area contributed by atoms with E-state index in [2.05, 4.69) is 47.7 Å². The zero-order chi connectivity index (χ0) is 19.1. The van der Waals surface area contributed by atoms with Crippen LogP contribution in [0.5, 0.6) is 11.5 Å². The van der Waals surface area contributed by atoms with Crippen LogP contribution in [0.25, 0.3) is 0 Å². The Morgan fingerprint density at radius 1 is 1.19 bits per heavy atom. The predicted molar refractivity (Wildman–Crippen MR) is 105 cm³/mol. The third-order valence-corrected chi connectivity index (χ3v) is 4.35. The SMILES string of the molecule is COc1ccccc1NC(=O)CC(=O)NN=Cc1cc(Br)c(O)c(Br)c1. The number of hydrogen-bond donors (Lipinski definition) is 3. The van der Waals surface area contributed by atoms with Gasteiger partial charge in [-0.3, -0.25) is 9.59 Å². The van der Waals surface area contributed by atoms with Crippen LogP contribution in [0.4, 0.5) is 5.69 Å². The van der Waals surface area contributed by atoms with Crippen LogP contribution in [-0.4, -0.2) is 30.2 Å². The maximum Gasteiger partial charge on any atom is 0.249 e. The fourth-order valence-electron chi connectivity index (χ4n) is 1.97. The average Bonchev–Trinajstić information content (AvgIpc) is 2.60. The van der Waals surface area contributed by atoms with Crippen molar-refractivity contribution in [1.82, 2.24) is 5.43 Å². The summed E-state index contributed by atoms with van der Waals surface area (Å²) in [5, 5.41) is 16.0. The molecule has 3 N–H and O–H groups in total. The van der Waals surface area contributed by atoms with E-state index in [4.69, 9.17) is 4.74 Å². The van der Waals surface area contributed by atoms with Gasteiger partial charge in [0.2, 0.25) is 11.8 Å². The van der Waals surface area contributed by atoms with Crippen LogP contribution in [0.1, 0.15) is 12.0 Å². The molecule has 2 amide bonds. The Hall–Kier alpha value is -2.39. The molecule has 0 aromatic heterocycles. The number of methoxy groups -OCH3 is 1. The van der Waals surface area contributed by atoms with Crippen molar-refractivity contribution < 1.29 is 19.4 Å². The molecule has 26 heavy (non-hydrogen) atoms. The average molecular weight is 485 g/mol. The van der Waals surface area contributed by atoms with Crippen LogP contribution in [0.15, 0.2) is 50.4 Å². The van der Waals surface area contributed by atoms with Crippen LogP contribution in [-0.2, 0) is 9.59 Å². The number of benzene rings is 2. The summed E-state index contributed by atoms with van der Waals surface area (Å²) in [6.07, 6.45) is 1.00. The number of carbonyl (C=O) groups is 2. The quantitative estimate of drug-likeness (QED) is 0.332. The highest BCUT2D eigenvalue weighted by molar-refractivity contribution is 9.11. The van der Waals surface area contributed by atoms with Crippen LogP contribution in [0.2, 0.25) is 0 Å². The normalized spacial score (nSPS) is 10.6. The molecule has 0 bridgehead atoms. The number of nitrogens with one attached hydrogen (secondary N) is 2. The van der Waals surface area contributed by atoms with Gasteiger partial charge in [-0.15, -0.1) is 0 Å². The van der Waals surface area contributed by atoms with E-state index >= 15 is 0 Å². The molecule has 0 spiro atoms. The molecule has 0 saturated carbocycles. The van der Waals surface area contributed by atoms with E-state index in [1.165, 1.54) is 13.3 Å². The largest absolute Gasteiger partial charge is 0.506 e. The highest BCUT2D eigenvalue weighted by Gasteiger charge is 2.11. The summed E-state index contributed by atoms with van der Waals surface area (Å²) in [6, 6.07) is 10.2. The summed E-state index contributed by atoms with van der Waals surface area (Å²) in [6.45, 7) is 0. The van der Waals surface area contributed by atoms with Crippen molar-refractivity contribution >= 4 is 55.6 Å². The Morgan fingerprint density at radius 2 is 1.85 bits per heavy atom. The van der Waals surface area contributed by atoms with Crippen LogP contribution in [0.3, 0.4) is 0 Å².